The zero-order valence-electron chi connectivity index (χ0n) is 12.1. The van der Waals surface area contributed by atoms with Crippen molar-refractivity contribution in [1.29, 1.82) is 0 Å². The lowest BCUT2D eigenvalue weighted by Crippen LogP contribution is -2.11. The zero-order chi connectivity index (χ0) is 15.7. The lowest BCUT2D eigenvalue weighted by molar-refractivity contribution is 0.0998. The number of carbonyl (C=O) groups excluding carboxylic acids is 1. The number of fused-ring (bicyclic) bond motifs is 1. The number of furan rings is 1. The van der Waals surface area contributed by atoms with E-state index < -0.39 is 0 Å². The molecular formula is C17H14ClNO3. The van der Waals surface area contributed by atoms with E-state index in [2.05, 4.69) is 5.32 Å². The minimum absolute atomic E-state index is 0.239. The number of hydrogen-bond donors (Lipinski definition) is 1. The number of aryl methyl sites for hydroxylation is 1. The SMILES string of the molecule is COc1ccc2oc(C(=O)Nc3cc(Cl)ccc3C)cc2c1. The average Bonchev–Trinajstić information content (AvgIpc) is 2.94. The van der Waals surface area contributed by atoms with Gasteiger partial charge in [-0.05, 0) is 48.9 Å². The van der Waals surface area contributed by atoms with Crippen LogP contribution in [0.4, 0.5) is 5.69 Å². The number of hydrogen-bond acceptors (Lipinski definition) is 3. The van der Waals surface area contributed by atoms with Gasteiger partial charge < -0.3 is 14.5 Å². The number of anilines is 1. The Morgan fingerprint density at radius 2 is 2.00 bits per heavy atom. The minimum atomic E-state index is -0.319. The highest BCUT2D eigenvalue weighted by Crippen LogP contribution is 2.26. The van der Waals surface area contributed by atoms with Gasteiger partial charge >= 0.3 is 0 Å². The van der Waals surface area contributed by atoms with Crippen molar-refractivity contribution in [2.24, 2.45) is 0 Å². The molecule has 112 valence electrons. The maximum Gasteiger partial charge on any atom is 0.291 e. The fourth-order valence-corrected chi connectivity index (χ4v) is 2.35. The second-order valence-electron chi connectivity index (χ2n) is 4.93. The van der Waals surface area contributed by atoms with Gasteiger partial charge in [-0.25, -0.2) is 0 Å². The molecule has 0 unspecified atom stereocenters. The molecule has 0 aliphatic heterocycles. The number of ether oxygens (including phenoxy) is 1. The third-order valence-electron chi connectivity index (χ3n) is 3.40. The van der Waals surface area contributed by atoms with E-state index in [9.17, 15) is 4.79 Å². The van der Waals surface area contributed by atoms with Crippen LogP contribution in [0.5, 0.6) is 5.75 Å². The van der Waals surface area contributed by atoms with Crippen molar-refractivity contribution < 1.29 is 13.9 Å². The van der Waals surface area contributed by atoms with Gasteiger partial charge in [-0.3, -0.25) is 4.79 Å². The molecule has 0 fully saturated rings. The van der Waals surface area contributed by atoms with Crippen molar-refractivity contribution in [2.45, 2.75) is 6.92 Å². The van der Waals surface area contributed by atoms with Crippen molar-refractivity contribution in [2.75, 3.05) is 12.4 Å². The molecule has 0 aliphatic carbocycles. The summed E-state index contributed by atoms with van der Waals surface area (Å²) in [7, 11) is 1.59. The molecule has 5 heteroatoms. The molecule has 2 aromatic carbocycles. The van der Waals surface area contributed by atoms with Crippen LogP contribution in [0.3, 0.4) is 0 Å². The van der Waals surface area contributed by atoms with E-state index >= 15 is 0 Å². The first-order chi connectivity index (χ1) is 10.6. The Balaban J connectivity index is 1.90. The fourth-order valence-electron chi connectivity index (χ4n) is 2.17. The number of halogens is 1. The number of amides is 1. The Kier molecular flexibility index (Phi) is 3.77. The summed E-state index contributed by atoms with van der Waals surface area (Å²) < 4.78 is 10.7. The smallest absolute Gasteiger partial charge is 0.291 e. The van der Waals surface area contributed by atoms with Gasteiger partial charge in [-0.2, -0.15) is 0 Å². The maximum atomic E-state index is 12.3. The van der Waals surface area contributed by atoms with Crippen LogP contribution in [0.25, 0.3) is 11.0 Å². The van der Waals surface area contributed by atoms with Gasteiger partial charge in [0.25, 0.3) is 5.91 Å². The molecule has 1 N–H and O–H groups in total. The highest BCUT2D eigenvalue weighted by atomic mass is 35.5. The summed E-state index contributed by atoms with van der Waals surface area (Å²) in [6.45, 7) is 1.90. The Labute approximate surface area is 132 Å². The van der Waals surface area contributed by atoms with Gasteiger partial charge in [0.05, 0.1) is 7.11 Å². The summed E-state index contributed by atoms with van der Waals surface area (Å²) in [4.78, 5) is 12.3. The van der Waals surface area contributed by atoms with Crippen LogP contribution in [0.2, 0.25) is 5.02 Å². The Bertz CT molecular complexity index is 854. The third kappa shape index (κ3) is 2.78. The Morgan fingerprint density at radius 3 is 2.77 bits per heavy atom. The zero-order valence-corrected chi connectivity index (χ0v) is 12.9. The second-order valence-corrected chi connectivity index (χ2v) is 5.36. The van der Waals surface area contributed by atoms with Crippen molar-refractivity contribution in [1.82, 2.24) is 0 Å². The summed E-state index contributed by atoms with van der Waals surface area (Å²) in [6.07, 6.45) is 0. The molecular weight excluding hydrogens is 302 g/mol. The van der Waals surface area contributed by atoms with Crippen LogP contribution in [-0.4, -0.2) is 13.0 Å². The van der Waals surface area contributed by atoms with Crippen LogP contribution in [0.1, 0.15) is 16.1 Å². The first-order valence-electron chi connectivity index (χ1n) is 6.72. The largest absolute Gasteiger partial charge is 0.497 e. The summed E-state index contributed by atoms with van der Waals surface area (Å²) in [5.41, 5.74) is 2.22. The summed E-state index contributed by atoms with van der Waals surface area (Å²) >= 11 is 5.96. The third-order valence-corrected chi connectivity index (χ3v) is 3.63. The lowest BCUT2D eigenvalue weighted by atomic mass is 10.2. The van der Waals surface area contributed by atoms with Crippen LogP contribution in [0.15, 0.2) is 46.9 Å². The van der Waals surface area contributed by atoms with E-state index in [1.54, 1.807) is 37.4 Å². The van der Waals surface area contributed by atoms with Crippen LogP contribution < -0.4 is 10.1 Å². The number of methoxy groups -OCH3 is 1. The molecule has 22 heavy (non-hydrogen) atoms. The lowest BCUT2D eigenvalue weighted by Gasteiger charge is -2.07. The normalized spacial score (nSPS) is 10.7. The van der Waals surface area contributed by atoms with Crippen molar-refractivity contribution in [3.8, 4) is 5.75 Å². The molecule has 0 bridgehead atoms. The van der Waals surface area contributed by atoms with Crippen molar-refractivity contribution in [3.05, 3.63) is 58.8 Å². The predicted octanol–water partition coefficient (Wildman–Crippen LogP) is 4.66. The number of benzene rings is 2. The van der Waals surface area contributed by atoms with Gasteiger partial charge in [0.15, 0.2) is 5.76 Å². The molecule has 3 aromatic rings. The molecule has 3 rings (SSSR count). The molecule has 1 amide bonds. The van der Waals surface area contributed by atoms with E-state index in [4.69, 9.17) is 20.8 Å². The second kappa shape index (κ2) is 5.73. The first-order valence-corrected chi connectivity index (χ1v) is 7.10. The summed E-state index contributed by atoms with van der Waals surface area (Å²) in [5, 5.41) is 4.19. The van der Waals surface area contributed by atoms with Crippen LogP contribution in [-0.2, 0) is 0 Å². The van der Waals surface area contributed by atoms with Gasteiger partial charge in [0.2, 0.25) is 0 Å². The fraction of sp³-hybridized carbons (Fsp3) is 0.118. The van der Waals surface area contributed by atoms with Crippen molar-refractivity contribution >= 4 is 34.2 Å². The van der Waals surface area contributed by atoms with Gasteiger partial charge in [0, 0.05) is 16.1 Å². The molecule has 0 saturated carbocycles. The topological polar surface area (TPSA) is 51.5 Å². The van der Waals surface area contributed by atoms with Crippen LogP contribution >= 0.6 is 11.6 Å². The molecule has 1 aromatic heterocycles. The number of nitrogens with one attached hydrogen (secondary N) is 1. The van der Waals surface area contributed by atoms with E-state index in [0.29, 0.717) is 22.0 Å². The van der Waals surface area contributed by atoms with E-state index in [-0.39, 0.29) is 11.7 Å². The van der Waals surface area contributed by atoms with E-state index in [0.717, 1.165) is 10.9 Å². The molecule has 0 saturated heterocycles. The predicted molar refractivity (Wildman–Crippen MR) is 86.9 cm³/mol. The molecule has 1 heterocycles. The van der Waals surface area contributed by atoms with Crippen molar-refractivity contribution in [3.63, 3.8) is 0 Å². The van der Waals surface area contributed by atoms with Gasteiger partial charge in [-0.15, -0.1) is 0 Å². The van der Waals surface area contributed by atoms with E-state index in [1.165, 1.54) is 0 Å². The monoisotopic (exact) mass is 315 g/mol. The highest BCUT2D eigenvalue weighted by Gasteiger charge is 2.14. The summed E-state index contributed by atoms with van der Waals surface area (Å²) in [5.74, 6) is 0.633. The quantitative estimate of drug-likeness (QED) is 0.765. The van der Waals surface area contributed by atoms with E-state index in [1.807, 2.05) is 19.1 Å². The first kappa shape index (κ1) is 14.5. The number of rotatable bonds is 3. The molecule has 4 nitrogen and oxygen atoms in total. The van der Waals surface area contributed by atoms with Gasteiger partial charge in [-0.1, -0.05) is 17.7 Å². The molecule has 0 radical (unpaired) electrons. The minimum Gasteiger partial charge on any atom is -0.497 e. The summed E-state index contributed by atoms with van der Waals surface area (Å²) in [6, 6.07) is 12.4. The van der Waals surface area contributed by atoms with Gasteiger partial charge in [0.1, 0.15) is 11.3 Å². The highest BCUT2D eigenvalue weighted by molar-refractivity contribution is 6.31. The Morgan fingerprint density at radius 1 is 1.18 bits per heavy atom. The average molecular weight is 316 g/mol. The maximum absolute atomic E-state index is 12.3. The molecule has 0 aliphatic rings. The standard InChI is InChI=1S/C17H14ClNO3/c1-10-3-4-12(18)9-14(10)19-17(20)16-8-11-7-13(21-2)5-6-15(11)22-16/h3-9H,1-2H3,(H,19,20). The Hall–Kier alpha value is -2.46. The van der Waals surface area contributed by atoms with Crippen LogP contribution in [0, 0.1) is 6.92 Å². The molecule has 0 spiro atoms. The number of carbonyl (C=O) groups is 1. The molecule has 0 atom stereocenters.